The van der Waals surface area contributed by atoms with Crippen LogP contribution in [0.15, 0.2) is 4.79 Å². The Labute approximate surface area is 105 Å². The average molecular weight is 247 g/mol. The number of aryl methyl sites for hydroxylation is 1. The minimum atomic E-state index is 0.00611. The number of hydrogen-bond acceptors (Lipinski definition) is 4. The van der Waals surface area contributed by atoms with Gasteiger partial charge in [0.1, 0.15) is 5.78 Å². The normalized spacial score (nSPS) is 19.8. The summed E-state index contributed by atoms with van der Waals surface area (Å²) in [7, 11) is 0. The average Bonchev–Trinajstić information content (AvgIpc) is 2.39. The smallest absolute Gasteiger partial charge is 0.255 e. The van der Waals surface area contributed by atoms with E-state index in [1.807, 2.05) is 4.90 Å². The van der Waals surface area contributed by atoms with Crippen LogP contribution in [0, 0.1) is 0 Å². The molecule has 0 aromatic carbocycles. The Kier molecular flexibility index (Phi) is 2.89. The van der Waals surface area contributed by atoms with Gasteiger partial charge in [0, 0.05) is 31.5 Å². The minimum Gasteiger partial charge on any atom is -0.341 e. The van der Waals surface area contributed by atoms with E-state index < -0.39 is 0 Å². The minimum absolute atomic E-state index is 0.00611. The fraction of sp³-hybridized carbons (Fsp3) is 0.615. The van der Waals surface area contributed by atoms with Gasteiger partial charge in [-0.25, -0.2) is 4.98 Å². The molecule has 5 nitrogen and oxygen atoms in total. The summed E-state index contributed by atoms with van der Waals surface area (Å²) in [5, 5.41) is 0. The molecule has 18 heavy (non-hydrogen) atoms. The van der Waals surface area contributed by atoms with Gasteiger partial charge in [-0.1, -0.05) is 0 Å². The lowest BCUT2D eigenvalue weighted by Crippen LogP contribution is -2.37. The number of anilines is 1. The zero-order chi connectivity index (χ0) is 12.5. The molecule has 1 aromatic rings. The van der Waals surface area contributed by atoms with Crippen molar-refractivity contribution >= 4 is 11.7 Å². The molecule has 3 rings (SSSR count). The predicted octanol–water partition coefficient (Wildman–Crippen LogP) is 0.818. The summed E-state index contributed by atoms with van der Waals surface area (Å²) < 4.78 is 0. The number of nitrogens with zero attached hydrogens (tertiary/aromatic N) is 2. The topological polar surface area (TPSA) is 66.1 Å². The molecule has 0 bridgehead atoms. The zero-order valence-electron chi connectivity index (χ0n) is 10.4. The molecule has 0 spiro atoms. The van der Waals surface area contributed by atoms with Gasteiger partial charge in [-0.05, 0) is 25.7 Å². The Balaban J connectivity index is 1.91. The highest BCUT2D eigenvalue weighted by atomic mass is 16.1. The SMILES string of the molecule is O=C1CCN(c2nc3c(c(=O)[nH]2)CCCC3)CC1. The van der Waals surface area contributed by atoms with Gasteiger partial charge >= 0.3 is 0 Å². The monoisotopic (exact) mass is 247 g/mol. The maximum absolute atomic E-state index is 12.0. The number of ketones is 1. The van der Waals surface area contributed by atoms with Crippen molar-refractivity contribution in [2.24, 2.45) is 0 Å². The van der Waals surface area contributed by atoms with Crippen LogP contribution in [-0.2, 0) is 17.6 Å². The van der Waals surface area contributed by atoms with Crippen LogP contribution in [0.1, 0.15) is 36.9 Å². The quantitative estimate of drug-likeness (QED) is 0.798. The first-order valence-electron chi connectivity index (χ1n) is 6.63. The third-order valence-corrected chi connectivity index (χ3v) is 3.80. The highest BCUT2D eigenvalue weighted by Gasteiger charge is 2.21. The molecule has 2 heterocycles. The van der Waals surface area contributed by atoms with Gasteiger partial charge in [0.05, 0.1) is 5.69 Å². The molecule has 2 aliphatic rings. The molecule has 1 aromatic heterocycles. The van der Waals surface area contributed by atoms with Crippen LogP contribution >= 0.6 is 0 Å². The second-order valence-corrected chi connectivity index (χ2v) is 5.05. The molecule has 1 saturated heterocycles. The number of Topliss-reactive ketones (excluding diaryl/α,β-unsaturated/α-hetero) is 1. The number of aromatic amines is 1. The highest BCUT2D eigenvalue weighted by molar-refractivity contribution is 5.80. The van der Waals surface area contributed by atoms with E-state index in [9.17, 15) is 9.59 Å². The van der Waals surface area contributed by atoms with E-state index in [0.717, 1.165) is 36.9 Å². The van der Waals surface area contributed by atoms with Gasteiger partial charge in [0.25, 0.3) is 5.56 Å². The maximum atomic E-state index is 12.0. The molecule has 1 N–H and O–H groups in total. The molecule has 0 unspecified atom stereocenters. The molecular formula is C13H17N3O2. The van der Waals surface area contributed by atoms with Crippen molar-refractivity contribution in [3.8, 4) is 0 Å². The fourth-order valence-electron chi connectivity index (χ4n) is 2.71. The number of H-pyrrole nitrogens is 1. The van der Waals surface area contributed by atoms with Gasteiger partial charge in [0.2, 0.25) is 5.95 Å². The van der Waals surface area contributed by atoms with Crippen LogP contribution in [0.3, 0.4) is 0 Å². The molecule has 5 heteroatoms. The number of carbonyl (C=O) groups excluding carboxylic acids is 1. The summed E-state index contributed by atoms with van der Waals surface area (Å²) in [6.07, 6.45) is 5.05. The predicted molar refractivity (Wildman–Crippen MR) is 68.0 cm³/mol. The van der Waals surface area contributed by atoms with Gasteiger partial charge < -0.3 is 4.90 Å². The van der Waals surface area contributed by atoms with Crippen LogP contribution in [0.5, 0.6) is 0 Å². The number of hydrogen-bond donors (Lipinski definition) is 1. The molecule has 0 radical (unpaired) electrons. The lowest BCUT2D eigenvalue weighted by Gasteiger charge is -2.27. The number of nitrogens with one attached hydrogen (secondary N) is 1. The first kappa shape index (κ1) is 11.4. The number of carbonyl (C=O) groups is 1. The Morgan fingerprint density at radius 3 is 2.50 bits per heavy atom. The molecular weight excluding hydrogens is 230 g/mol. The van der Waals surface area contributed by atoms with E-state index in [-0.39, 0.29) is 5.56 Å². The van der Waals surface area contributed by atoms with E-state index in [1.54, 1.807) is 0 Å². The lowest BCUT2D eigenvalue weighted by atomic mass is 9.97. The molecule has 96 valence electrons. The van der Waals surface area contributed by atoms with E-state index >= 15 is 0 Å². The highest BCUT2D eigenvalue weighted by Crippen LogP contribution is 2.19. The summed E-state index contributed by atoms with van der Waals surface area (Å²) in [6.45, 7) is 1.33. The van der Waals surface area contributed by atoms with Crippen molar-refractivity contribution in [3.05, 3.63) is 21.6 Å². The number of rotatable bonds is 1. The molecule has 1 aliphatic heterocycles. The van der Waals surface area contributed by atoms with Gasteiger partial charge in [0.15, 0.2) is 0 Å². The Hall–Kier alpha value is -1.65. The van der Waals surface area contributed by atoms with Crippen molar-refractivity contribution < 1.29 is 4.79 Å². The van der Waals surface area contributed by atoms with Gasteiger partial charge in [-0.2, -0.15) is 0 Å². The number of aromatic nitrogens is 2. The van der Waals surface area contributed by atoms with Crippen molar-refractivity contribution in [2.75, 3.05) is 18.0 Å². The summed E-state index contributed by atoms with van der Waals surface area (Å²) >= 11 is 0. The van der Waals surface area contributed by atoms with Crippen LogP contribution < -0.4 is 10.5 Å². The number of fused-ring (bicyclic) bond motifs is 1. The standard InChI is InChI=1S/C13H17N3O2/c17-9-5-7-16(8-6-9)13-14-11-4-2-1-3-10(11)12(18)15-13/h1-8H2,(H,14,15,18). The third-order valence-electron chi connectivity index (χ3n) is 3.80. The first-order chi connectivity index (χ1) is 8.74. The summed E-state index contributed by atoms with van der Waals surface area (Å²) in [4.78, 5) is 32.7. The van der Waals surface area contributed by atoms with E-state index in [0.29, 0.717) is 37.7 Å². The Bertz CT molecular complexity index is 526. The molecule has 0 saturated carbocycles. The molecule has 1 fully saturated rings. The fourth-order valence-corrected chi connectivity index (χ4v) is 2.71. The van der Waals surface area contributed by atoms with E-state index in [2.05, 4.69) is 9.97 Å². The lowest BCUT2D eigenvalue weighted by molar-refractivity contribution is -0.119. The van der Waals surface area contributed by atoms with Crippen molar-refractivity contribution in [3.63, 3.8) is 0 Å². The van der Waals surface area contributed by atoms with Crippen molar-refractivity contribution in [2.45, 2.75) is 38.5 Å². The largest absolute Gasteiger partial charge is 0.341 e. The Morgan fingerprint density at radius 2 is 1.72 bits per heavy atom. The van der Waals surface area contributed by atoms with Gasteiger partial charge in [-0.15, -0.1) is 0 Å². The van der Waals surface area contributed by atoms with Crippen LogP contribution in [-0.4, -0.2) is 28.8 Å². The summed E-state index contributed by atoms with van der Waals surface area (Å²) in [6, 6.07) is 0. The number of piperidine rings is 1. The van der Waals surface area contributed by atoms with Crippen molar-refractivity contribution in [1.29, 1.82) is 0 Å². The second-order valence-electron chi connectivity index (χ2n) is 5.05. The molecule has 1 aliphatic carbocycles. The maximum Gasteiger partial charge on any atom is 0.255 e. The molecule has 0 amide bonds. The van der Waals surface area contributed by atoms with Gasteiger partial charge in [-0.3, -0.25) is 14.6 Å². The zero-order valence-corrected chi connectivity index (χ0v) is 10.4. The van der Waals surface area contributed by atoms with Crippen LogP contribution in [0.2, 0.25) is 0 Å². The van der Waals surface area contributed by atoms with E-state index in [4.69, 9.17) is 0 Å². The van der Waals surface area contributed by atoms with Crippen LogP contribution in [0.25, 0.3) is 0 Å². The summed E-state index contributed by atoms with van der Waals surface area (Å²) in [5.74, 6) is 0.944. The van der Waals surface area contributed by atoms with Crippen molar-refractivity contribution in [1.82, 2.24) is 9.97 Å². The molecule has 0 atom stereocenters. The second kappa shape index (κ2) is 4.55. The Morgan fingerprint density at radius 1 is 1.00 bits per heavy atom. The van der Waals surface area contributed by atoms with E-state index in [1.165, 1.54) is 0 Å². The third kappa shape index (κ3) is 2.05. The first-order valence-corrected chi connectivity index (χ1v) is 6.63. The van der Waals surface area contributed by atoms with Crippen LogP contribution in [0.4, 0.5) is 5.95 Å². The summed E-state index contributed by atoms with van der Waals surface area (Å²) in [5.41, 5.74) is 1.82.